The smallest absolute Gasteiger partial charge is 0.424 e. The zero-order valence-electron chi connectivity index (χ0n) is 15.7. The van der Waals surface area contributed by atoms with Crippen molar-refractivity contribution < 1.29 is 22.4 Å². The van der Waals surface area contributed by atoms with Gasteiger partial charge in [-0.1, -0.05) is 35.3 Å². The lowest BCUT2D eigenvalue weighted by Crippen LogP contribution is -2.15. The number of aromatic nitrogens is 4. The number of nitrogens with zero attached hydrogens (tertiary/aromatic N) is 4. The molecule has 2 heterocycles. The van der Waals surface area contributed by atoms with Gasteiger partial charge >= 0.3 is 6.18 Å². The van der Waals surface area contributed by atoms with E-state index >= 15 is 0 Å². The van der Waals surface area contributed by atoms with Crippen molar-refractivity contribution in [3.8, 4) is 0 Å². The Kier molecular flexibility index (Phi) is 5.36. The molecule has 160 valence electrons. The molecule has 0 aliphatic heterocycles. The molecule has 4 aromatic rings. The number of fused-ring (bicyclic) bond motifs is 1. The average molecular weight is 470 g/mol. The van der Waals surface area contributed by atoms with Crippen LogP contribution in [0.25, 0.3) is 11.0 Å². The highest BCUT2D eigenvalue weighted by Crippen LogP contribution is 2.35. The Labute approximate surface area is 182 Å². The molecule has 0 atom stereocenters. The maximum atomic E-state index is 13.7. The molecule has 1 amide bonds. The first-order chi connectivity index (χ1) is 14.6. The minimum atomic E-state index is -4.76. The van der Waals surface area contributed by atoms with Gasteiger partial charge in [0.25, 0.3) is 5.91 Å². The Hall–Kier alpha value is -3.11. The van der Waals surface area contributed by atoms with Crippen LogP contribution in [0.15, 0.2) is 40.8 Å². The fraction of sp³-hybridized carbons (Fsp3) is 0.158. The predicted molar refractivity (Wildman–Crippen MR) is 107 cm³/mol. The number of hydrogen-bond acceptors (Lipinski definition) is 5. The lowest BCUT2D eigenvalue weighted by atomic mass is 10.2. The maximum Gasteiger partial charge on any atom is 0.449 e. The van der Waals surface area contributed by atoms with Crippen molar-refractivity contribution in [3.05, 3.63) is 69.6 Å². The van der Waals surface area contributed by atoms with Gasteiger partial charge in [-0.2, -0.15) is 13.2 Å². The van der Waals surface area contributed by atoms with Crippen molar-refractivity contribution in [1.82, 2.24) is 19.7 Å². The summed E-state index contributed by atoms with van der Waals surface area (Å²) in [5.74, 6) is -1.65. The van der Waals surface area contributed by atoms with E-state index in [-0.39, 0.29) is 50.7 Å². The molecule has 0 saturated carbocycles. The number of alkyl halides is 3. The van der Waals surface area contributed by atoms with E-state index in [0.29, 0.717) is 0 Å². The number of amides is 1. The van der Waals surface area contributed by atoms with Crippen LogP contribution in [-0.2, 0) is 12.7 Å². The van der Waals surface area contributed by atoms with E-state index in [1.54, 1.807) is 6.07 Å². The van der Waals surface area contributed by atoms with E-state index in [9.17, 15) is 18.0 Å². The third-order valence-corrected chi connectivity index (χ3v) is 4.96. The average Bonchev–Trinajstić information content (AvgIpc) is 3.26. The van der Waals surface area contributed by atoms with Crippen LogP contribution < -0.4 is 5.32 Å². The van der Waals surface area contributed by atoms with Gasteiger partial charge in [-0.25, -0.2) is 4.98 Å². The normalized spacial score (nSPS) is 11.8. The fourth-order valence-electron chi connectivity index (χ4n) is 3.06. The van der Waals surface area contributed by atoms with E-state index in [1.165, 1.54) is 37.3 Å². The molecular weight excluding hydrogens is 458 g/mol. The van der Waals surface area contributed by atoms with Crippen molar-refractivity contribution in [2.75, 3.05) is 5.32 Å². The second-order valence-corrected chi connectivity index (χ2v) is 7.27. The fourth-order valence-corrected chi connectivity index (χ4v) is 3.63. The number of hydrogen-bond donors (Lipinski definition) is 1. The number of rotatable bonds is 4. The number of nitrogens with one attached hydrogen (secondary N) is 1. The summed E-state index contributed by atoms with van der Waals surface area (Å²) in [5.41, 5.74) is 0.109. The van der Waals surface area contributed by atoms with Crippen LogP contribution in [-0.4, -0.2) is 25.7 Å². The number of carbonyl (C=O) groups excluding carboxylic acids is 1. The van der Waals surface area contributed by atoms with E-state index < -0.39 is 17.9 Å². The molecule has 31 heavy (non-hydrogen) atoms. The molecule has 0 fully saturated rings. The number of carbonyl (C=O) groups is 1. The van der Waals surface area contributed by atoms with Gasteiger partial charge in [-0.05, 0) is 24.3 Å². The summed E-state index contributed by atoms with van der Waals surface area (Å²) in [4.78, 5) is 16.5. The largest absolute Gasteiger partial charge is 0.449 e. The second-order valence-electron chi connectivity index (χ2n) is 6.46. The van der Waals surface area contributed by atoms with Crippen LogP contribution in [0.5, 0.6) is 0 Å². The van der Waals surface area contributed by atoms with Crippen LogP contribution in [0, 0.1) is 6.92 Å². The molecule has 4 rings (SSSR count). The van der Waals surface area contributed by atoms with E-state index in [1.807, 2.05) is 0 Å². The number of halogens is 5. The molecule has 1 N–H and O–H groups in total. The van der Waals surface area contributed by atoms with Crippen molar-refractivity contribution in [2.24, 2.45) is 0 Å². The molecule has 12 heteroatoms. The van der Waals surface area contributed by atoms with Gasteiger partial charge in [0.2, 0.25) is 17.6 Å². The first kappa shape index (κ1) is 21.1. The summed E-state index contributed by atoms with van der Waals surface area (Å²) in [7, 11) is 0. The summed E-state index contributed by atoms with van der Waals surface area (Å²) in [6.07, 6.45) is -4.76. The number of imidazole rings is 1. The van der Waals surface area contributed by atoms with Crippen LogP contribution >= 0.6 is 23.2 Å². The molecule has 0 spiro atoms. The van der Waals surface area contributed by atoms with Crippen molar-refractivity contribution >= 4 is 45.8 Å². The van der Waals surface area contributed by atoms with Crippen LogP contribution in [0.3, 0.4) is 0 Å². The summed E-state index contributed by atoms with van der Waals surface area (Å²) in [6, 6.07) is 8.89. The summed E-state index contributed by atoms with van der Waals surface area (Å²) < 4.78 is 47.2. The Balaban J connectivity index is 1.80. The Morgan fingerprint density at radius 2 is 1.81 bits per heavy atom. The highest BCUT2D eigenvalue weighted by atomic mass is 35.5. The maximum absolute atomic E-state index is 13.7. The number of para-hydroxylation sites is 1. The summed E-state index contributed by atoms with van der Waals surface area (Å²) in [6.45, 7) is 1.18. The van der Waals surface area contributed by atoms with Crippen molar-refractivity contribution in [2.45, 2.75) is 19.6 Å². The number of anilines is 1. The standard InChI is InChI=1S/C19H12Cl2F3N5O2/c1-9-27-28-14(31-9)8-29-13-7-3-6-12(16(13)26-18(29)19(22,23)24)25-17(30)15-10(20)4-2-5-11(15)21/h2-7H,8H2,1H3,(H,25,30). The summed E-state index contributed by atoms with van der Waals surface area (Å²) in [5, 5.41) is 10.1. The minimum Gasteiger partial charge on any atom is -0.424 e. The van der Waals surface area contributed by atoms with Gasteiger partial charge in [-0.3, -0.25) is 4.79 Å². The van der Waals surface area contributed by atoms with E-state index in [4.69, 9.17) is 27.6 Å². The lowest BCUT2D eigenvalue weighted by Gasteiger charge is -2.10. The molecule has 0 aliphatic carbocycles. The zero-order valence-corrected chi connectivity index (χ0v) is 17.2. The molecule has 2 aromatic heterocycles. The lowest BCUT2D eigenvalue weighted by molar-refractivity contribution is -0.146. The molecular formula is C19H12Cl2F3N5O2. The van der Waals surface area contributed by atoms with Gasteiger partial charge in [0.1, 0.15) is 12.1 Å². The molecule has 7 nitrogen and oxygen atoms in total. The summed E-state index contributed by atoms with van der Waals surface area (Å²) >= 11 is 12.1. The quantitative estimate of drug-likeness (QED) is 0.435. The molecule has 0 bridgehead atoms. The van der Waals surface area contributed by atoms with Crippen molar-refractivity contribution in [1.29, 1.82) is 0 Å². The number of aryl methyl sites for hydroxylation is 1. The highest BCUT2D eigenvalue weighted by molar-refractivity contribution is 6.40. The molecule has 0 aliphatic rings. The third kappa shape index (κ3) is 4.08. The second kappa shape index (κ2) is 7.86. The van der Waals surface area contributed by atoms with Crippen molar-refractivity contribution in [3.63, 3.8) is 0 Å². The monoisotopic (exact) mass is 469 g/mol. The minimum absolute atomic E-state index is 0.000325. The van der Waals surface area contributed by atoms with Crippen LogP contribution in [0.2, 0.25) is 10.0 Å². The van der Waals surface area contributed by atoms with E-state index in [0.717, 1.165) is 4.57 Å². The number of benzene rings is 2. The Morgan fingerprint density at radius 3 is 2.42 bits per heavy atom. The molecule has 0 radical (unpaired) electrons. The van der Waals surface area contributed by atoms with E-state index in [2.05, 4.69) is 20.5 Å². The topological polar surface area (TPSA) is 85.8 Å². The van der Waals surface area contributed by atoms with Gasteiger partial charge in [0, 0.05) is 6.92 Å². The van der Waals surface area contributed by atoms with Gasteiger partial charge in [-0.15, -0.1) is 10.2 Å². The first-order valence-corrected chi connectivity index (χ1v) is 9.51. The van der Waals surface area contributed by atoms with Gasteiger partial charge < -0.3 is 14.3 Å². The van der Waals surface area contributed by atoms with Crippen LogP contribution in [0.1, 0.15) is 28.0 Å². The van der Waals surface area contributed by atoms with Crippen LogP contribution in [0.4, 0.5) is 18.9 Å². The Bertz CT molecular complexity index is 1280. The predicted octanol–water partition coefficient (Wildman–Crippen LogP) is 5.35. The SMILES string of the molecule is Cc1nnc(Cn2c(C(F)(F)F)nc3c(NC(=O)c4c(Cl)cccc4Cl)cccc32)o1. The molecule has 0 saturated heterocycles. The first-order valence-electron chi connectivity index (χ1n) is 8.76. The third-order valence-electron chi connectivity index (χ3n) is 4.33. The van der Waals surface area contributed by atoms with Gasteiger partial charge in [0.05, 0.1) is 26.8 Å². The zero-order chi connectivity index (χ0) is 22.3. The molecule has 2 aromatic carbocycles. The highest BCUT2D eigenvalue weighted by Gasteiger charge is 2.38. The van der Waals surface area contributed by atoms with Gasteiger partial charge in [0.15, 0.2) is 0 Å². The molecule has 0 unspecified atom stereocenters. The Morgan fingerprint density at radius 1 is 1.13 bits per heavy atom.